The molecular weight excluding hydrogens is 216 g/mol. The largest absolute Gasteiger partial charge is 0.323 e. The van der Waals surface area contributed by atoms with E-state index in [-0.39, 0.29) is 12.1 Å². The number of amidine groups is 1. The molecule has 0 aromatic rings. The summed E-state index contributed by atoms with van der Waals surface area (Å²) in [5.41, 5.74) is -0.407. The molecule has 0 aromatic carbocycles. The van der Waals surface area contributed by atoms with Crippen molar-refractivity contribution in [1.82, 2.24) is 15.1 Å². The Morgan fingerprint density at radius 2 is 1.94 bits per heavy atom. The number of carbonyl (C=O) groups is 1. The number of amides is 2. The molecule has 2 aliphatic rings. The normalized spacial score (nSPS) is 30.1. The molecule has 1 atom stereocenters. The summed E-state index contributed by atoms with van der Waals surface area (Å²) in [6, 6.07) is 0.479. The highest BCUT2D eigenvalue weighted by Crippen LogP contribution is 2.34. The van der Waals surface area contributed by atoms with Crippen molar-refractivity contribution < 1.29 is 4.79 Å². The van der Waals surface area contributed by atoms with Gasteiger partial charge >= 0.3 is 6.03 Å². The van der Waals surface area contributed by atoms with Gasteiger partial charge in [0.05, 0.1) is 0 Å². The highest BCUT2D eigenvalue weighted by Gasteiger charge is 2.54. The monoisotopic (exact) mass is 238 g/mol. The van der Waals surface area contributed by atoms with E-state index < -0.39 is 5.54 Å². The molecule has 0 aromatic heterocycles. The van der Waals surface area contributed by atoms with Gasteiger partial charge in [-0.1, -0.05) is 0 Å². The number of nitrogens with zero attached hydrogens (tertiary/aromatic N) is 2. The van der Waals surface area contributed by atoms with Gasteiger partial charge in [0, 0.05) is 25.2 Å². The van der Waals surface area contributed by atoms with Gasteiger partial charge in [0.2, 0.25) is 0 Å². The number of carbonyl (C=O) groups excluding carboxylic acids is 1. The van der Waals surface area contributed by atoms with Crippen LogP contribution in [0.4, 0.5) is 4.79 Å². The summed E-state index contributed by atoms with van der Waals surface area (Å²) in [5, 5.41) is 10.8. The molecule has 2 fully saturated rings. The van der Waals surface area contributed by atoms with E-state index in [0.29, 0.717) is 11.9 Å². The van der Waals surface area contributed by atoms with Crippen LogP contribution in [0, 0.1) is 5.41 Å². The molecule has 1 spiro atoms. The number of hydrogen-bond donors (Lipinski definition) is 2. The highest BCUT2D eigenvalue weighted by atomic mass is 16.2. The summed E-state index contributed by atoms with van der Waals surface area (Å²) in [5.74, 6) is 0.374. The third-order valence-electron chi connectivity index (χ3n) is 3.90. The minimum Gasteiger partial charge on any atom is -0.308 e. The molecule has 0 aliphatic carbocycles. The molecule has 2 aliphatic heterocycles. The minimum absolute atomic E-state index is 0.115. The van der Waals surface area contributed by atoms with Crippen LogP contribution in [-0.2, 0) is 0 Å². The van der Waals surface area contributed by atoms with Gasteiger partial charge < -0.3 is 4.90 Å². The lowest BCUT2D eigenvalue weighted by molar-refractivity contribution is 0.145. The van der Waals surface area contributed by atoms with Crippen LogP contribution in [0.25, 0.3) is 0 Å². The molecule has 2 N–H and O–H groups in total. The molecule has 2 rings (SSSR count). The van der Waals surface area contributed by atoms with E-state index in [2.05, 4.69) is 24.1 Å². The van der Waals surface area contributed by atoms with E-state index in [1.165, 1.54) is 0 Å². The number of hydrogen-bond acceptors (Lipinski definition) is 3. The van der Waals surface area contributed by atoms with Crippen LogP contribution in [-0.4, -0.2) is 52.4 Å². The smallest absolute Gasteiger partial charge is 0.308 e. The molecular formula is C12H22N4O. The van der Waals surface area contributed by atoms with Crippen LogP contribution < -0.4 is 5.32 Å². The highest BCUT2D eigenvalue weighted by molar-refractivity contribution is 6.09. The fourth-order valence-corrected chi connectivity index (χ4v) is 2.99. The summed E-state index contributed by atoms with van der Waals surface area (Å²) in [4.78, 5) is 16.1. The van der Waals surface area contributed by atoms with Crippen LogP contribution in [0.15, 0.2) is 0 Å². The lowest BCUT2D eigenvalue weighted by atomic mass is 9.95. The second-order valence-corrected chi connectivity index (χ2v) is 5.61. The number of nitrogens with one attached hydrogen (secondary N) is 2. The van der Waals surface area contributed by atoms with Gasteiger partial charge in [0.1, 0.15) is 11.4 Å². The summed E-state index contributed by atoms with van der Waals surface area (Å²) in [7, 11) is 0. The maximum absolute atomic E-state index is 11.9. The summed E-state index contributed by atoms with van der Waals surface area (Å²) in [6.45, 7) is 10.1. The van der Waals surface area contributed by atoms with Gasteiger partial charge in [-0.3, -0.25) is 15.6 Å². The Labute approximate surface area is 103 Å². The van der Waals surface area contributed by atoms with Gasteiger partial charge in [-0.25, -0.2) is 4.79 Å². The maximum atomic E-state index is 11.9. The molecule has 96 valence electrons. The van der Waals surface area contributed by atoms with Crippen molar-refractivity contribution in [3.05, 3.63) is 0 Å². The number of urea groups is 1. The van der Waals surface area contributed by atoms with E-state index in [1.807, 2.05) is 18.7 Å². The molecule has 2 heterocycles. The lowest BCUT2D eigenvalue weighted by Crippen LogP contribution is -2.54. The molecule has 1 unspecified atom stereocenters. The van der Waals surface area contributed by atoms with E-state index >= 15 is 0 Å². The van der Waals surface area contributed by atoms with Crippen molar-refractivity contribution in [3.8, 4) is 0 Å². The maximum Gasteiger partial charge on any atom is 0.323 e. The Morgan fingerprint density at radius 3 is 2.41 bits per heavy atom. The topological polar surface area (TPSA) is 59.4 Å². The Hall–Kier alpha value is -1.10. The molecule has 17 heavy (non-hydrogen) atoms. The Kier molecular flexibility index (Phi) is 2.89. The van der Waals surface area contributed by atoms with Gasteiger partial charge in [-0.05, 0) is 34.1 Å². The van der Waals surface area contributed by atoms with E-state index in [0.717, 1.165) is 19.5 Å². The van der Waals surface area contributed by atoms with Crippen molar-refractivity contribution in [2.45, 2.75) is 51.7 Å². The fourth-order valence-electron chi connectivity index (χ4n) is 2.99. The van der Waals surface area contributed by atoms with Crippen LogP contribution >= 0.6 is 0 Å². The zero-order chi connectivity index (χ0) is 12.8. The molecule has 0 saturated carbocycles. The van der Waals surface area contributed by atoms with Crippen LogP contribution in [0.3, 0.4) is 0 Å². The first-order chi connectivity index (χ1) is 7.88. The predicted octanol–water partition coefficient (Wildman–Crippen LogP) is 1.25. The average molecular weight is 238 g/mol. The first-order valence-electron chi connectivity index (χ1n) is 6.32. The lowest BCUT2D eigenvalue weighted by Gasteiger charge is -2.36. The average Bonchev–Trinajstić information content (AvgIpc) is 2.71. The molecule has 2 saturated heterocycles. The Morgan fingerprint density at radius 1 is 1.29 bits per heavy atom. The van der Waals surface area contributed by atoms with Gasteiger partial charge in [-0.15, -0.1) is 0 Å². The second kappa shape index (κ2) is 3.98. The van der Waals surface area contributed by atoms with Crippen molar-refractivity contribution >= 4 is 11.9 Å². The molecule has 0 radical (unpaired) electrons. The zero-order valence-corrected chi connectivity index (χ0v) is 11.1. The van der Waals surface area contributed by atoms with Crippen LogP contribution in [0.2, 0.25) is 0 Å². The fraction of sp³-hybridized carbons (Fsp3) is 0.833. The second-order valence-electron chi connectivity index (χ2n) is 5.61. The molecule has 2 amide bonds. The first-order valence-corrected chi connectivity index (χ1v) is 6.32. The van der Waals surface area contributed by atoms with Crippen molar-refractivity contribution in [3.63, 3.8) is 0 Å². The molecule has 0 bridgehead atoms. The zero-order valence-electron chi connectivity index (χ0n) is 11.1. The summed E-state index contributed by atoms with van der Waals surface area (Å²) in [6.07, 6.45) is 0.862. The third-order valence-corrected chi connectivity index (χ3v) is 3.90. The van der Waals surface area contributed by atoms with Crippen molar-refractivity contribution in [2.75, 3.05) is 13.1 Å². The van der Waals surface area contributed by atoms with Crippen molar-refractivity contribution in [1.29, 1.82) is 5.41 Å². The number of likely N-dealkylation sites (tertiary alicyclic amines) is 1. The Bertz CT molecular complexity index is 352. The van der Waals surface area contributed by atoms with E-state index in [1.54, 1.807) is 0 Å². The number of rotatable bonds is 2. The standard InChI is InChI=1S/C12H22N4O/c1-8(2)15-6-5-12(7-15)10(13)14-11(17)16(12)9(3)4/h8-9H,5-7H2,1-4H3,(H2,13,14,17). The van der Waals surface area contributed by atoms with E-state index in [9.17, 15) is 4.79 Å². The van der Waals surface area contributed by atoms with Gasteiger partial charge in [0.25, 0.3) is 0 Å². The first kappa shape index (κ1) is 12.4. The SMILES string of the molecule is CC(C)N1CCC2(C1)C(=N)NC(=O)N2C(C)C. The molecule has 5 nitrogen and oxygen atoms in total. The van der Waals surface area contributed by atoms with Crippen LogP contribution in [0.5, 0.6) is 0 Å². The van der Waals surface area contributed by atoms with E-state index in [4.69, 9.17) is 5.41 Å². The summed E-state index contributed by atoms with van der Waals surface area (Å²) < 4.78 is 0. The minimum atomic E-state index is -0.407. The van der Waals surface area contributed by atoms with Gasteiger partial charge in [0.15, 0.2) is 0 Å². The predicted molar refractivity (Wildman–Crippen MR) is 67.3 cm³/mol. The summed E-state index contributed by atoms with van der Waals surface area (Å²) >= 11 is 0. The molecule has 5 heteroatoms. The Balaban J connectivity index is 2.29. The third kappa shape index (κ3) is 1.73. The van der Waals surface area contributed by atoms with Crippen LogP contribution in [0.1, 0.15) is 34.1 Å². The van der Waals surface area contributed by atoms with Gasteiger partial charge in [-0.2, -0.15) is 0 Å². The van der Waals surface area contributed by atoms with Crippen molar-refractivity contribution in [2.24, 2.45) is 0 Å². The quantitative estimate of drug-likeness (QED) is 0.760.